The highest BCUT2D eigenvalue weighted by molar-refractivity contribution is 5.72. The molecule has 17 heavy (non-hydrogen) atoms. The SMILES string of the molecule is CC(C)=CCC/C(C)=C/C=NC1CCCCC1. The van der Waals surface area contributed by atoms with E-state index in [0.717, 1.165) is 12.8 Å². The Bertz CT molecular complexity index is 287. The summed E-state index contributed by atoms with van der Waals surface area (Å²) in [4.78, 5) is 4.65. The molecule has 1 heteroatoms. The van der Waals surface area contributed by atoms with Crippen LogP contribution in [0, 0.1) is 0 Å². The van der Waals surface area contributed by atoms with E-state index >= 15 is 0 Å². The summed E-state index contributed by atoms with van der Waals surface area (Å²) in [6.07, 6.45) is 15.6. The molecule has 0 atom stereocenters. The Morgan fingerprint density at radius 2 is 1.82 bits per heavy atom. The zero-order valence-electron chi connectivity index (χ0n) is 11.7. The first-order chi connectivity index (χ1) is 8.18. The molecule has 0 aromatic heterocycles. The molecule has 0 radical (unpaired) electrons. The number of allylic oxidation sites excluding steroid dienone is 4. The van der Waals surface area contributed by atoms with Crippen molar-refractivity contribution in [3.05, 3.63) is 23.3 Å². The van der Waals surface area contributed by atoms with E-state index < -0.39 is 0 Å². The van der Waals surface area contributed by atoms with Crippen molar-refractivity contribution >= 4 is 6.21 Å². The minimum absolute atomic E-state index is 0.602. The molecule has 1 rings (SSSR count). The van der Waals surface area contributed by atoms with Crippen LogP contribution >= 0.6 is 0 Å². The lowest BCUT2D eigenvalue weighted by molar-refractivity contribution is 0.444. The van der Waals surface area contributed by atoms with Crippen LogP contribution in [-0.4, -0.2) is 12.3 Å². The molecule has 0 N–H and O–H groups in total. The Morgan fingerprint density at radius 3 is 2.47 bits per heavy atom. The van der Waals surface area contributed by atoms with E-state index in [9.17, 15) is 0 Å². The molecule has 0 spiro atoms. The monoisotopic (exact) mass is 233 g/mol. The maximum atomic E-state index is 4.65. The third-order valence-electron chi connectivity index (χ3n) is 3.32. The van der Waals surface area contributed by atoms with Gasteiger partial charge in [0.25, 0.3) is 0 Å². The number of aliphatic imine (C=N–C) groups is 1. The molecule has 1 aliphatic carbocycles. The molecule has 1 aliphatic rings. The molecule has 0 bridgehead atoms. The van der Waals surface area contributed by atoms with Crippen LogP contribution in [0.3, 0.4) is 0 Å². The van der Waals surface area contributed by atoms with Gasteiger partial charge in [0, 0.05) is 12.3 Å². The maximum absolute atomic E-state index is 4.65. The average Bonchev–Trinajstić information content (AvgIpc) is 2.30. The fourth-order valence-electron chi connectivity index (χ4n) is 2.19. The van der Waals surface area contributed by atoms with Crippen LogP contribution in [0.25, 0.3) is 0 Å². The van der Waals surface area contributed by atoms with Gasteiger partial charge in [0.15, 0.2) is 0 Å². The Morgan fingerprint density at radius 1 is 1.12 bits per heavy atom. The van der Waals surface area contributed by atoms with Crippen molar-refractivity contribution < 1.29 is 0 Å². The zero-order chi connectivity index (χ0) is 12.5. The van der Waals surface area contributed by atoms with Crippen molar-refractivity contribution in [1.82, 2.24) is 0 Å². The molecule has 0 aromatic carbocycles. The molecular weight excluding hydrogens is 206 g/mol. The summed E-state index contributed by atoms with van der Waals surface area (Å²) in [7, 11) is 0. The van der Waals surface area contributed by atoms with E-state index in [1.165, 1.54) is 43.3 Å². The quantitative estimate of drug-likeness (QED) is 0.463. The first kappa shape index (κ1) is 14.2. The first-order valence-electron chi connectivity index (χ1n) is 7.01. The van der Waals surface area contributed by atoms with Crippen molar-refractivity contribution in [2.75, 3.05) is 0 Å². The van der Waals surface area contributed by atoms with Crippen LogP contribution in [0.1, 0.15) is 65.7 Å². The van der Waals surface area contributed by atoms with Crippen LogP contribution in [0.15, 0.2) is 28.3 Å². The summed E-state index contributed by atoms with van der Waals surface area (Å²) in [6, 6.07) is 0.602. The van der Waals surface area contributed by atoms with Gasteiger partial charge in [0.2, 0.25) is 0 Å². The highest BCUT2D eigenvalue weighted by Crippen LogP contribution is 2.19. The van der Waals surface area contributed by atoms with Gasteiger partial charge >= 0.3 is 0 Å². The predicted molar refractivity (Wildman–Crippen MR) is 77.8 cm³/mol. The van der Waals surface area contributed by atoms with Crippen molar-refractivity contribution in [3.63, 3.8) is 0 Å². The normalized spacial score (nSPS) is 18.6. The first-order valence-corrected chi connectivity index (χ1v) is 7.01. The van der Waals surface area contributed by atoms with E-state index in [1.54, 1.807) is 0 Å². The standard InChI is InChI=1S/C16H27N/c1-14(2)8-7-9-15(3)12-13-17-16-10-5-4-6-11-16/h8,12-13,16H,4-7,9-11H2,1-3H3/b15-12+,17-13?. The second-order valence-corrected chi connectivity index (χ2v) is 5.42. The minimum Gasteiger partial charge on any atom is -0.290 e. The van der Waals surface area contributed by atoms with Gasteiger partial charge in [-0.1, -0.05) is 36.5 Å². The molecule has 96 valence electrons. The molecule has 1 nitrogen and oxygen atoms in total. The molecule has 0 saturated heterocycles. The Kier molecular flexibility index (Phi) is 6.91. The van der Waals surface area contributed by atoms with E-state index in [4.69, 9.17) is 0 Å². The summed E-state index contributed by atoms with van der Waals surface area (Å²) in [5.74, 6) is 0. The van der Waals surface area contributed by atoms with Crippen LogP contribution in [0.2, 0.25) is 0 Å². The van der Waals surface area contributed by atoms with Gasteiger partial charge in [-0.3, -0.25) is 4.99 Å². The van der Waals surface area contributed by atoms with Crippen molar-refractivity contribution in [3.8, 4) is 0 Å². The number of rotatable bonds is 5. The molecule has 1 saturated carbocycles. The summed E-state index contributed by atoms with van der Waals surface area (Å²) in [6.45, 7) is 6.51. The van der Waals surface area contributed by atoms with Crippen molar-refractivity contribution in [2.24, 2.45) is 4.99 Å². The lowest BCUT2D eigenvalue weighted by Crippen LogP contribution is -2.09. The minimum atomic E-state index is 0.602. The Labute approximate surface area is 107 Å². The lowest BCUT2D eigenvalue weighted by Gasteiger charge is -2.16. The van der Waals surface area contributed by atoms with Gasteiger partial charge in [-0.2, -0.15) is 0 Å². The maximum Gasteiger partial charge on any atom is 0.0499 e. The summed E-state index contributed by atoms with van der Waals surface area (Å²) >= 11 is 0. The molecule has 0 amide bonds. The van der Waals surface area contributed by atoms with E-state index in [2.05, 4.69) is 37.9 Å². The number of hydrogen-bond acceptors (Lipinski definition) is 1. The van der Waals surface area contributed by atoms with Crippen LogP contribution in [-0.2, 0) is 0 Å². The van der Waals surface area contributed by atoms with Crippen molar-refractivity contribution in [2.45, 2.75) is 71.8 Å². The lowest BCUT2D eigenvalue weighted by atomic mass is 9.96. The number of hydrogen-bond donors (Lipinski definition) is 0. The molecule has 1 fully saturated rings. The zero-order valence-corrected chi connectivity index (χ0v) is 11.7. The fraction of sp³-hybridized carbons (Fsp3) is 0.688. The second-order valence-electron chi connectivity index (χ2n) is 5.42. The highest BCUT2D eigenvalue weighted by Gasteiger charge is 2.09. The van der Waals surface area contributed by atoms with Crippen LogP contribution in [0.4, 0.5) is 0 Å². The van der Waals surface area contributed by atoms with Gasteiger partial charge in [0.1, 0.15) is 0 Å². The Balaban J connectivity index is 2.25. The van der Waals surface area contributed by atoms with E-state index in [-0.39, 0.29) is 0 Å². The fourth-order valence-corrected chi connectivity index (χ4v) is 2.19. The largest absolute Gasteiger partial charge is 0.290 e. The van der Waals surface area contributed by atoms with Gasteiger partial charge in [-0.05, 0) is 52.5 Å². The average molecular weight is 233 g/mol. The summed E-state index contributed by atoms with van der Waals surface area (Å²) in [5, 5.41) is 0. The summed E-state index contributed by atoms with van der Waals surface area (Å²) < 4.78 is 0. The molecule has 0 unspecified atom stereocenters. The van der Waals surface area contributed by atoms with Gasteiger partial charge in [0.05, 0.1) is 0 Å². The second kappa shape index (κ2) is 8.27. The predicted octanol–water partition coefficient (Wildman–Crippen LogP) is 5.08. The topological polar surface area (TPSA) is 12.4 Å². The molecule has 0 aliphatic heterocycles. The molecular formula is C16H27N. The van der Waals surface area contributed by atoms with Gasteiger partial charge in [-0.25, -0.2) is 0 Å². The van der Waals surface area contributed by atoms with Crippen molar-refractivity contribution in [1.29, 1.82) is 0 Å². The third kappa shape index (κ3) is 7.14. The molecule has 0 heterocycles. The van der Waals surface area contributed by atoms with Gasteiger partial charge < -0.3 is 0 Å². The smallest absolute Gasteiger partial charge is 0.0499 e. The van der Waals surface area contributed by atoms with E-state index in [1.807, 2.05) is 6.21 Å². The number of nitrogens with zero attached hydrogens (tertiary/aromatic N) is 1. The van der Waals surface area contributed by atoms with E-state index in [0.29, 0.717) is 6.04 Å². The highest BCUT2D eigenvalue weighted by atomic mass is 14.8. The Hall–Kier alpha value is -0.850. The third-order valence-corrected chi connectivity index (χ3v) is 3.32. The van der Waals surface area contributed by atoms with Crippen LogP contribution in [0.5, 0.6) is 0 Å². The summed E-state index contributed by atoms with van der Waals surface area (Å²) in [5.41, 5.74) is 2.84. The molecule has 0 aromatic rings. The van der Waals surface area contributed by atoms with Gasteiger partial charge in [-0.15, -0.1) is 0 Å². The van der Waals surface area contributed by atoms with Crippen LogP contribution < -0.4 is 0 Å².